The summed E-state index contributed by atoms with van der Waals surface area (Å²) in [7, 11) is 0. The highest BCUT2D eigenvalue weighted by Gasteiger charge is 2.05. The Bertz CT molecular complexity index is 175. The highest BCUT2D eigenvalue weighted by Crippen LogP contribution is 2.10. The molecule has 3 radical (unpaired) electrons. The Hall–Kier alpha value is -1.59. The SMILES string of the molecule is [O]c1nc([O])nc([O])n1. The minimum absolute atomic E-state index is 1.08. The van der Waals surface area contributed by atoms with Gasteiger partial charge in [-0.05, 0) is 0 Å². The molecule has 0 aromatic carbocycles. The number of hydrogen-bond donors (Lipinski definition) is 0. The lowest BCUT2D eigenvalue weighted by Crippen LogP contribution is -1.82. The lowest BCUT2D eigenvalue weighted by Gasteiger charge is -1.83. The summed E-state index contributed by atoms with van der Waals surface area (Å²) in [6, 6.07) is -3.25. The number of aromatic nitrogens is 3. The van der Waals surface area contributed by atoms with E-state index in [-0.39, 0.29) is 0 Å². The van der Waals surface area contributed by atoms with E-state index in [0.29, 0.717) is 0 Å². The summed E-state index contributed by atoms with van der Waals surface area (Å²) in [5.41, 5.74) is 0. The van der Waals surface area contributed by atoms with Gasteiger partial charge in [-0.2, -0.15) is 0 Å². The molecule has 0 aliphatic rings. The van der Waals surface area contributed by atoms with Crippen molar-refractivity contribution in [1.29, 1.82) is 0 Å². The molecule has 45 valence electrons. The summed E-state index contributed by atoms with van der Waals surface area (Å²) in [6.07, 6.45) is 0. The Kier molecular flexibility index (Phi) is 1.07. The first-order chi connectivity index (χ1) is 4.18. The average molecular weight is 126 g/mol. The zero-order valence-electron chi connectivity index (χ0n) is 4.07. The van der Waals surface area contributed by atoms with E-state index in [1.54, 1.807) is 0 Å². The van der Waals surface area contributed by atoms with E-state index in [0.717, 1.165) is 0 Å². The van der Waals surface area contributed by atoms with Gasteiger partial charge in [-0.25, -0.2) is 15.3 Å². The second-order valence-electron chi connectivity index (χ2n) is 1.18. The summed E-state index contributed by atoms with van der Waals surface area (Å²) in [4.78, 5) is 8.10. The van der Waals surface area contributed by atoms with Crippen LogP contribution in [0.5, 0.6) is 18.0 Å². The zero-order valence-corrected chi connectivity index (χ0v) is 4.07. The van der Waals surface area contributed by atoms with E-state index in [1.165, 1.54) is 0 Å². The normalized spacial score (nSPS) is 9.33. The molecule has 0 fully saturated rings. The standard InChI is InChI=1S/C3N3O3/c7-1-4-2(8)6-3(9)5-1. The molecule has 1 aromatic heterocycles. The molecule has 6 nitrogen and oxygen atoms in total. The predicted octanol–water partition coefficient (Wildman–Crippen LogP) is 0.303. The van der Waals surface area contributed by atoms with Crippen molar-refractivity contribution in [3.63, 3.8) is 0 Å². The molecule has 0 bridgehead atoms. The number of hydrogen-bond acceptors (Lipinski definition) is 3. The number of rotatable bonds is 0. The van der Waals surface area contributed by atoms with Gasteiger partial charge < -0.3 is 0 Å². The first kappa shape index (κ1) is 5.54. The fourth-order valence-electron chi connectivity index (χ4n) is 0.320. The lowest BCUT2D eigenvalue weighted by atomic mass is 10.9. The van der Waals surface area contributed by atoms with Crippen molar-refractivity contribution in [3.8, 4) is 18.0 Å². The largest absolute Gasteiger partial charge is 0.376 e. The molecule has 0 unspecified atom stereocenters. The quantitative estimate of drug-likeness (QED) is 0.499. The van der Waals surface area contributed by atoms with Crippen molar-refractivity contribution in [2.45, 2.75) is 0 Å². The topological polar surface area (TPSA) is 98.4 Å². The molecule has 1 rings (SSSR count). The molecule has 1 aromatic rings. The summed E-state index contributed by atoms with van der Waals surface area (Å²) in [5.74, 6) is 0. The van der Waals surface area contributed by atoms with Crippen LogP contribution in [-0.4, -0.2) is 15.0 Å². The molecule has 0 amide bonds. The van der Waals surface area contributed by atoms with Crippen LogP contribution < -0.4 is 0 Å². The Morgan fingerprint density at radius 1 is 0.667 bits per heavy atom. The maximum Gasteiger partial charge on any atom is 0.376 e. The smallest absolute Gasteiger partial charge is 0.243 e. The first-order valence-corrected chi connectivity index (χ1v) is 1.95. The average Bonchev–Trinajstić information content (AvgIpc) is 1.59. The molecule has 0 atom stereocenters. The maximum absolute atomic E-state index is 10.0. The molecule has 0 aliphatic heterocycles. The summed E-state index contributed by atoms with van der Waals surface area (Å²) < 4.78 is 0. The van der Waals surface area contributed by atoms with E-state index >= 15 is 0 Å². The first-order valence-electron chi connectivity index (χ1n) is 1.95. The van der Waals surface area contributed by atoms with Gasteiger partial charge >= 0.3 is 18.0 Å². The Morgan fingerprint density at radius 3 is 1.11 bits per heavy atom. The lowest BCUT2D eigenvalue weighted by molar-refractivity contribution is 0.244. The highest BCUT2D eigenvalue weighted by atomic mass is 16.3. The van der Waals surface area contributed by atoms with Crippen molar-refractivity contribution in [1.82, 2.24) is 15.0 Å². The number of nitrogens with zero attached hydrogens (tertiary/aromatic N) is 3. The Morgan fingerprint density at radius 2 is 0.889 bits per heavy atom. The summed E-state index contributed by atoms with van der Waals surface area (Å²) in [6.45, 7) is 0. The molecule has 0 spiro atoms. The van der Waals surface area contributed by atoms with Gasteiger partial charge in [0.2, 0.25) is 0 Å². The van der Waals surface area contributed by atoms with Gasteiger partial charge in [-0.1, -0.05) is 0 Å². The maximum atomic E-state index is 10.0. The summed E-state index contributed by atoms with van der Waals surface area (Å²) in [5, 5.41) is 30.1. The molecule has 0 N–H and O–H groups in total. The van der Waals surface area contributed by atoms with Crippen LogP contribution in [0, 0.1) is 0 Å². The summed E-state index contributed by atoms with van der Waals surface area (Å²) >= 11 is 0. The van der Waals surface area contributed by atoms with Crippen LogP contribution in [0.4, 0.5) is 0 Å². The van der Waals surface area contributed by atoms with E-state index in [4.69, 9.17) is 0 Å². The van der Waals surface area contributed by atoms with Crippen molar-refractivity contribution >= 4 is 0 Å². The van der Waals surface area contributed by atoms with Crippen LogP contribution in [0.2, 0.25) is 0 Å². The molecule has 0 saturated carbocycles. The third-order valence-corrected chi connectivity index (χ3v) is 0.574. The van der Waals surface area contributed by atoms with E-state index < -0.39 is 18.0 Å². The van der Waals surface area contributed by atoms with E-state index in [9.17, 15) is 15.3 Å². The Labute approximate surface area is 49.5 Å². The molecule has 9 heavy (non-hydrogen) atoms. The van der Waals surface area contributed by atoms with Gasteiger partial charge in [0.05, 0.1) is 0 Å². The second kappa shape index (κ2) is 1.73. The van der Waals surface area contributed by atoms with Crippen molar-refractivity contribution < 1.29 is 15.3 Å². The highest BCUT2D eigenvalue weighted by molar-refractivity contribution is 5.03. The van der Waals surface area contributed by atoms with Gasteiger partial charge in [0.15, 0.2) is 0 Å². The third kappa shape index (κ3) is 1.15. The van der Waals surface area contributed by atoms with Crippen LogP contribution in [-0.2, 0) is 15.3 Å². The van der Waals surface area contributed by atoms with Crippen LogP contribution in [0.25, 0.3) is 0 Å². The van der Waals surface area contributed by atoms with Crippen molar-refractivity contribution in [2.24, 2.45) is 0 Å². The van der Waals surface area contributed by atoms with Crippen LogP contribution in [0.3, 0.4) is 0 Å². The molecule has 6 heteroatoms. The Balaban J connectivity index is 3.17. The monoisotopic (exact) mass is 126 g/mol. The van der Waals surface area contributed by atoms with Gasteiger partial charge in [-0.3, -0.25) is 0 Å². The molecular weight excluding hydrogens is 126 g/mol. The molecule has 1 heterocycles. The minimum atomic E-state index is -1.08. The van der Waals surface area contributed by atoms with Crippen LogP contribution in [0.1, 0.15) is 0 Å². The van der Waals surface area contributed by atoms with Gasteiger partial charge in [0.1, 0.15) is 0 Å². The second-order valence-corrected chi connectivity index (χ2v) is 1.18. The third-order valence-electron chi connectivity index (χ3n) is 0.574. The minimum Gasteiger partial charge on any atom is -0.243 e. The van der Waals surface area contributed by atoms with Crippen LogP contribution in [0.15, 0.2) is 0 Å². The fraction of sp³-hybridized carbons (Fsp3) is 0. The van der Waals surface area contributed by atoms with Crippen LogP contribution >= 0.6 is 0 Å². The van der Waals surface area contributed by atoms with E-state index in [1.807, 2.05) is 0 Å². The molecular formula is C3N3O3. The fourth-order valence-corrected chi connectivity index (χ4v) is 0.320. The van der Waals surface area contributed by atoms with Crippen molar-refractivity contribution in [3.05, 3.63) is 0 Å². The van der Waals surface area contributed by atoms with Gasteiger partial charge in [-0.15, -0.1) is 15.0 Å². The van der Waals surface area contributed by atoms with Gasteiger partial charge in [0, 0.05) is 0 Å². The van der Waals surface area contributed by atoms with Gasteiger partial charge in [0.25, 0.3) is 0 Å². The van der Waals surface area contributed by atoms with E-state index in [2.05, 4.69) is 15.0 Å². The zero-order chi connectivity index (χ0) is 6.85. The van der Waals surface area contributed by atoms with Crippen molar-refractivity contribution in [2.75, 3.05) is 0 Å². The molecule has 0 saturated heterocycles. The predicted molar refractivity (Wildman–Crippen MR) is 20.2 cm³/mol. The molecule has 0 aliphatic carbocycles.